The van der Waals surface area contributed by atoms with Crippen LogP contribution in [0.5, 0.6) is 0 Å². The van der Waals surface area contributed by atoms with Crippen LogP contribution < -0.4 is 11.3 Å². The van der Waals surface area contributed by atoms with Crippen molar-refractivity contribution in [2.24, 2.45) is 11.8 Å². The van der Waals surface area contributed by atoms with Crippen LogP contribution in [0.25, 0.3) is 0 Å². The van der Waals surface area contributed by atoms with Crippen LogP contribution in [0.3, 0.4) is 0 Å². The zero-order valence-electron chi connectivity index (χ0n) is 9.10. The number of amides is 1. The van der Waals surface area contributed by atoms with E-state index in [0.717, 1.165) is 26.1 Å². The van der Waals surface area contributed by atoms with Crippen molar-refractivity contribution in [3.63, 3.8) is 0 Å². The number of carbonyl (C=O) groups excluding carboxylic acids is 1. The molecule has 0 radical (unpaired) electrons. The van der Waals surface area contributed by atoms with Crippen LogP contribution in [0, 0.1) is 5.92 Å². The van der Waals surface area contributed by atoms with Crippen LogP contribution in [0.2, 0.25) is 0 Å². The third-order valence-corrected chi connectivity index (χ3v) is 2.91. The number of nitrogens with one attached hydrogen (secondary N) is 1. The van der Waals surface area contributed by atoms with E-state index < -0.39 is 0 Å². The fraction of sp³-hybridized carbons (Fsp3) is 0.455. The predicted molar refractivity (Wildman–Crippen MR) is 60.0 cm³/mol. The monoisotopic (exact) mass is 220 g/mol. The van der Waals surface area contributed by atoms with Crippen LogP contribution in [0.1, 0.15) is 12.0 Å². The van der Waals surface area contributed by atoms with Gasteiger partial charge in [-0.2, -0.15) is 0 Å². The van der Waals surface area contributed by atoms with Crippen molar-refractivity contribution in [2.45, 2.75) is 13.0 Å². The Balaban J connectivity index is 1.88. The van der Waals surface area contributed by atoms with Gasteiger partial charge in [-0.3, -0.25) is 20.1 Å². The fourth-order valence-corrected chi connectivity index (χ4v) is 2.06. The average Bonchev–Trinajstić information content (AvgIpc) is 2.78. The first-order valence-corrected chi connectivity index (χ1v) is 5.41. The van der Waals surface area contributed by atoms with E-state index in [-0.39, 0.29) is 11.8 Å². The Morgan fingerprint density at radius 3 is 3.25 bits per heavy atom. The highest BCUT2D eigenvalue weighted by Gasteiger charge is 2.27. The molecule has 86 valence electrons. The molecule has 0 bridgehead atoms. The van der Waals surface area contributed by atoms with Gasteiger partial charge in [-0.15, -0.1) is 0 Å². The topological polar surface area (TPSA) is 71.2 Å². The summed E-state index contributed by atoms with van der Waals surface area (Å²) < 4.78 is 0. The first-order valence-electron chi connectivity index (χ1n) is 5.41. The molecule has 1 amide bonds. The zero-order valence-corrected chi connectivity index (χ0v) is 9.10. The summed E-state index contributed by atoms with van der Waals surface area (Å²) in [6.07, 6.45) is 4.50. The Kier molecular flexibility index (Phi) is 3.48. The molecular weight excluding hydrogens is 204 g/mol. The van der Waals surface area contributed by atoms with Gasteiger partial charge in [0.15, 0.2) is 0 Å². The van der Waals surface area contributed by atoms with Crippen molar-refractivity contribution in [3.8, 4) is 0 Å². The molecule has 0 spiro atoms. The van der Waals surface area contributed by atoms with Crippen molar-refractivity contribution < 1.29 is 4.79 Å². The lowest BCUT2D eigenvalue weighted by Gasteiger charge is -2.15. The Bertz CT molecular complexity index is 354. The van der Waals surface area contributed by atoms with Crippen molar-refractivity contribution in [3.05, 3.63) is 30.1 Å². The molecule has 0 aliphatic carbocycles. The molecule has 1 aromatic heterocycles. The molecular formula is C11H16N4O. The number of aromatic nitrogens is 1. The lowest BCUT2D eigenvalue weighted by Crippen LogP contribution is -2.37. The molecule has 3 N–H and O–H groups in total. The summed E-state index contributed by atoms with van der Waals surface area (Å²) >= 11 is 0. The molecule has 0 aromatic carbocycles. The maximum Gasteiger partial charge on any atom is 0.238 e. The third kappa shape index (κ3) is 2.56. The summed E-state index contributed by atoms with van der Waals surface area (Å²) in [6, 6.07) is 3.97. The molecule has 1 fully saturated rings. The molecule has 0 saturated carbocycles. The Labute approximate surface area is 94.6 Å². The summed E-state index contributed by atoms with van der Waals surface area (Å²) in [4.78, 5) is 17.7. The first-order chi connectivity index (χ1) is 7.79. The minimum Gasteiger partial charge on any atom is -0.298 e. The second-order valence-electron chi connectivity index (χ2n) is 4.09. The summed E-state index contributed by atoms with van der Waals surface area (Å²) in [5.74, 6) is 5.09. The lowest BCUT2D eigenvalue weighted by molar-refractivity contribution is -0.124. The predicted octanol–water partition coefficient (Wildman–Crippen LogP) is -0.107. The number of hydrogen-bond donors (Lipinski definition) is 2. The average molecular weight is 220 g/mol. The molecule has 1 atom stereocenters. The fourth-order valence-electron chi connectivity index (χ4n) is 2.06. The van der Waals surface area contributed by atoms with Gasteiger partial charge in [0.05, 0.1) is 5.92 Å². The normalized spacial score (nSPS) is 20.9. The Hall–Kier alpha value is -1.46. The molecule has 16 heavy (non-hydrogen) atoms. The quantitative estimate of drug-likeness (QED) is 0.424. The van der Waals surface area contributed by atoms with Gasteiger partial charge >= 0.3 is 0 Å². The highest BCUT2D eigenvalue weighted by atomic mass is 16.2. The van der Waals surface area contributed by atoms with Crippen LogP contribution in [0.4, 0.5) is 0 Å². The smallest absolute Gasteiger partial charge is 0.238 e. The minimum absolute atomic E-state index is 0.0293. The van der Waals surface area contributed by atoms with Gasteiger partial charge in [0.1, 0.15) is 0 Å². The third-order valence-electron chi connectivity index (χ3n) is 2.91. The summed E-state index contributed by atoms with van der Waals surface area (Å²) in [7, 11) is 0. The van der Waals surface area contributed by atoms with E-state index in [0.29, 0.717) is 0 Å². The SMILES string of the molecule is NNC(=O)[C@H]1CCN(Cc2cccnc2)C1. The summed E-state index contributed by atoms with van der Waals surface area (Å²) in [6.45, 7) is 2.56. The van der Waals surface area contributed by atoms with Crippen LogP contribution in [0.15, 0.2) is 24.5 Å². The number of nitrogens with two attached hydrogens (primary N) is 1. The van der Waals surface area contributed by atoms with E-state index in [9.17, 15) is 4.79 Å². The molecule has 0 unspecified atom stereocenters. The highest BCUT2D eigenvalue weighted by molar-refractivity contribution is 5.78. The van der Waals surface area contributed by atoms with Crippen LogP contribution >= 0.6 is 0 Å². The van der Waals surface area contributed by atoms with E-state index >= 15 is 0 Å². The number of hydrogen-bond acceptors (Lipinski definition) is 4. The maximum absolute atomic E-state index is 11.3. The van der Waals surface area contributed by atoms with E-state index in [1.165, 1.54) is 5.56 Å². The van der Waals surface area contributed by atoms with E-state index in [2.05, 4.69) is 15.3 Å². The van der Waals surface area contributed by atoms with Crippen LogP contribution in [-0.4, -0.2) is 28.9 Å². The van der Waals surface area contributed by atoms with E-state index in [4.69, 9.17) is 5.84 Å². The van der Waals surface area contributed by atoms with Crippen molar-refractivity contribution >= 4 is 5.91 Å². The van der Waals surface area contributed by atoms with Crippen LogP contribution in [-0.2, 0) is 11.3 Å². The Morgan fingerprint density at radius 2 is 2.56 bits per heavy atom. The van der Waals surface area contributed by atoms with Gasteiger partial charge < -0.3 is 0 Å². The second kappa shape index (κ2) is 5.05. The molecule has 2 heterocycles. The van der Waals surface area contributed by atoms with Gasteiger partial charge in [-0.05, 0) is 24.6 Å². The van der Waals surface area contributed by atoms with Crippen molar-refractivity contribution in [2.75, 3.05) is 13.1 Å². The molecule has 2 rings (SSSR count). The van der Waals surface area contributed by atoms with E-state index in [1.54, 1.807) is 6.20 Å². The first kappa shape index (κ1) is 11.0. The van der Waals surface area contributed by atoms with Gasteiger partial charge in [-0.1, -0.05) is 6.07 Å². The molecule has 5 heteroatoms. The summed E-state index contributed by atoms with van der Waals surface area (Å²) in [5.41, 5.74) is 3.39. The number of likely N-dealkylation sites (tertiary alicyclic amines) is 1. The van der Waals surface area contributed by atoms with Crippen molar-refractivity contribution in [1.29, 1.82) is 0 Å². The molecule has 1 aromatic rings. The highest BCUT2D eigenvalue weighted by Crippen LogP contribution is 2.18. The molecule has 5 nitrogen and oxygen atoms in total. The molecule has 1 aliphatic rings. The maximum atomic E-state index is 11.3. The Morgan fingerprint density at radius 1 is 1.69 bits per heavy atom. The van der Waals surface area contributed by atoms with Gasteiger partial charge in [0.25, 0.3) is 0 Å². The number of carbonyl (C=O) groups is 1. The number of rotatable bonds is 3. The number of hydrazine groups is 1. The zero-order chi connectivity index (χ0) is 11.4. The summed E-state index contributed by atoms with van der Waals surface area (Å²) in [5, 5.41) is 0. The lowest BCUT2D eigenvalue weighted by atomic mass is 10.1. The number of pyridine rings is 1. The van der Waals surface area contributed by atoms with Gasteiger partial charge in [0.2, 0.25) is 5.91 Å². The largest absolute Gasteiger partial charge is 0.298 e. The number of nitrogens with zero attached hydrogens (tertiary/aromatic N) is 2. The second-order valence-corrected chi connectivity index (χ2v) is 4.09. The molecule has 1 saturated heterocycles. The van der Waals surface area contributed by atoms with Crippen molar-refractivity contribution in [1.82, 2.24) is 15.3 Å². The van der Waals surface area contributed by atoms with E-state index in [1.807, 2.05) is 18.3 Å². The van der Waals surface area contributed by atoms with Gasteiger partial charge in [-0.25, -0.2) is 5.84 Å². The minimum atomic E-state index is -0.0614. The standard InChI is InChI=1S/C11H16N4O/c12-14-11(16)10-3-5-15(8-10)7-9-2-1-4-13-6-9/h1-2,4,6,10H,3,5,7-8,12H2,(H,14,16)/t10-/m0/s1. The van der Waals surface area contributed by atoms with Gasteiger partial charge in [0, 0.05) is 25.5 Å². The molecule has 1 aliphatic heterocycles.